The Morgan fingerprint density at radius 3 is 2.63 bits per heavy atom. The number of phenols is 1. The number of allylic oxidation sites excluding steroid dienone is 1. The van der Waals surface area contributed by atoms with Crippen LogP contribution in [0.2, 0.25) is 0 Å². The molecule has 1 fully saturated rings. The van der Waals surface area contributed by atoms with E-state index >= 15 is 0 Å². The van der Waals surface area contributed by atoms with Gasteiger partial charge in [0.15, 0.2) is 6.10 Å². The van der Waals surface area contributed by atoms with E-state index in [9.17, 15) is 9.50 Å². The Labute approximate surface area is 204 Å². The van der Waals surface area contributed by atoms with Crippen molar-refractivity contribution < 1.29 is 23.7 Å². The van der Waals surface area contributed by atoms with Gasteiger partial charge in [-0.05, 0) is 54.0 Å². The first-order chi connectivity index (χ1) is 17.1. The molecule has 6 nitrogen and oxygen atoms in total. The van der Waals surface area contributed by atoms with Gasteiger partial charge in [-0.25, -0.2) is 4.98 Å². The van der Waals surface area contributed by atoms with Gasteiger partial charge in [0.1, 0.15) is 23.9 Å². The van der Waals surface area contributed by atoms with Crippen LogP contribution in [0.4, 0.5) is 4.39 Å². The third kappa shape index (κ3) is 4.82. The van der Waals surface area contributed by atoms with E-state index in [0.717, 1.165) is 53.2 Å². The molecule has 2 aliphatic rings. The largest absolute Gasteiger partial charge is 0.508 e. The first-order valence-corrected chi connectivity index (χ1v) is 11.8. The summed E-state index contributed by atoms with van der Waals surface area (Å²) >= 11 is 0. The molecule has 2 aromatic carbocycles. The summed E-state index contributed by atoms with van der Waals surface area (Å²) in [6, 6.07) is 17.0. The van der Waals surface area contributed by atoms with Crippen molar-refractivity contribution in [2.75, 3.05) is 40.0 Å². The van der Waals surface area contributed by atoms with Crippen LogP contribution in [0.25, 0.3) is 11.1 Å². The molecule has 3 aromatic rings. The molecule has 35 heavy (non-hydrogen) atoms. The minimum absolute atomic E-state index is 0.183. The number of fused-ring (bicyclic) bond motifs is 1. The van der Waals surface area contributed by atoms with Crippen molar-refractivity contribution in [3.8, 4) is 23.1 Å². The topological polar surface area (TPSA) is 64.0 Å². The summed E-state index contributed by atoms with van der Waals surface area (Å²) in [5, 5.41) is 10.1. The SMILES string of the molecule is COc1cnc2c(c1)C(C)=C(c1cccc(O)c1)C(c1ccc(OCCN3CC(CF)C3)cc1)O2. The van der Waals surface area contributed by atoms with Gasteiger partial charge in [-0.1, -0.05) is 24.3 Å². The summed E-state index contributed by atoms with van der Waals surface area (Å²) in [6.45, 7) is 4.76. The number of likely N-dealkylation sites (tertiary alicyclic amines) is 1. The van der Waals surface area contributed by atoms with Gasteiger partial charge in [0.25, 0.3) is 0 Å². The van der Waals surface area contributed by atoms with Crippen molar-refractivity contribution in [3.05, 3.63) is 77.5 Å². The van der Waals surface area contributed by atoms with Crippen molar-refractivity contribution in [2.24, 2.45) is 5.92 Å². The van der Waals surface area contributed by atoms with Crippen molar-refractivity contribution in [3.63, 3.8) is 0 Å². The summed E-state index contributed by atoms with van der Waals surface area (Å²) in [7, 11) is 1.61. The van der Waals surface area contributed by atoms with Gasteiger partial charge >= 0.3 is 0 Å². The normalized spacial score (nSPS) is 18.0. The molecule has 1 aromatic heterocycles. The standard InChI is InChI=1S/C28H29FN2O4/c1-18-25-13-24(33-2)15-30-28(25)35-27(26(18)21-4-3-5-22(32)12-21)20-6-8-23(9-7-20)34-11-10-31-16-19(14-29)17-31/h3-9,12-13,15,19,27,32H,10-11,14,16-17H2,1-2H3. The highest BCUT2D eigenvalue weighted by atomic mass is 19.1. The number of phenolic OH excluding ortho intramolecular Hbond substituents is 1. The predicted molar refractivity (Wildman–Crippen MR) is 133 cm³/mol. The number of pyridine rings is 1. The number of ether oxygens (including phenoxy) is 3. The number of aromatic hydroxyl groups is 1. The van der Waals surface area contributed by atoms with E-state index in [1.165, 1.54) is 0 Å². The summed E-state index contributed by atoms with van der Waals surface area (Å²) in [6.07, 6.45) is 1.24. The van der Waals surface area contributed by atoms with Gasteiger partial charge in [-0.3, -0.25) is 9.29 Å². The third-order valence-electron chi connectivity index (χ3n) is 6.63. The molecule has 0 amide bonds. The van der Waals surface area contributed by atoms with Crippen LogP contribution in [0.1, 0.15) is 29.7 Å². The molecule has 0 aliphatic carbocycles. The van der Waals surface area contributed by atoms with Crippen LogP contribution >= 0.6 is 0 Å². The second-order valence-corrected chi connectivity index (χ2v) is 9.01. The number of hydrogen-bond donors (Lipinski definition) is 1. The van der Waals surface area contributed by atoms with E-state index in [0.29, 0.717) is 18.2 Å². The van der Waals surface area contributed by atoms with Crippen LogP contribution in [-0.2, 0) is 0 Å². The Bertz CT molecular complexity index is 1220. The first-order valence-electron chi connectivity index (χ1n) is 11.8. The zero-order valence-corrected chi connectivity index (χ0v) is 19.9. The van der Waals surface area contributed by atoms with Gasteiger partial charge in [-0.2, -0.15) is 0 Å². The number of hydrogen-bond acceptors (Lipinski definition) is 6. The second kappa shape index (κ2) is 9.96. The van der Waals surface area contributed by atoms with Gasteiger partial charge in [0.2, 0.25) is 5.88 Å². The fourth-order valence-corrected chi connectivity index (χ4v) is 4.68. The molecule has 0 bridgehead atoms. The molecule has 1 saturated heterocycles. The molecule has 7 heteroatoms. The molecular weight excluding hydrogens is 447 g/mol. The Balaban J connectivity index is 1.39. The fourth-order valence-electron chi connectivity index (χ4n) is 4.68. The number of rotatable bonds is 8. The fraction of sp³-hybridized carbons (Fsp3) is 0.321. The molecule has 0 saturated carbocycles. The van der Waals surface area contributed by atoms with Crippen LogP contribution in [-0.4, -0.2) is 55.0 Å². The minimum atomic E-state index is -0.405. The molecule has 1 N–H and O–H groups in total. The lowest BCUT2D eigenvalue weighted by Crippen LogP contribution is -2.49. The van der Waals surface area contributed by atoms with Gasteiger partial charge in [0.05, 0.1) is 20.0 Å². The van der Waals surface area contributed by atoms with E-state index in [1.54, 1.807) is 25.4 Å². The summed E-state index contributed by atoms with van der Waals surface area (Å²) in [5.41, 5.74) is 4.65. The van der Waals surface area contributed by atoms with Crippen LogP contribution < -0.4 is 14.2 Å². The van der Waals surface area contributed by atoms with Crippen molar-refractivity contribution in [1.82, 2.24) is 9.88 Å². The van der Waals surface area contributed by atoms with Crippen LogP contribution in [0.15, 0.2) is 60.8 Å². The highest BCUT2D eigenvalue weighted by molar-refractivity contribution is 5.95. The third-order valence-corrected chi connectivity index (χ3v) is 6.63. The van der Waals surface area contributed by atoms with Crippen LogP contribution in [0.5, 0.6) is 23.1 Å². The number of benzene rings is 2. The average Bonchev–Trinajstić information content (AvgIpc) is 2.85. The maximum atomic E-state index is 12.6. The monoisotopic (exact) mass is 476 g/mol. The Kier molecular flexibility index (Phi) is 6.59. The highest BCUT2D eigenvalue weighted by Crippen LogP contribution is 2.46. The Hall–Kier alpha value is -3.58. The van der Waals surface area contributed by atoms with Crippen LogP contribution in [0.3, 0.4) is 0 Å². The molecule has 182 valence electrons. The minimum Gasteiger partial charge on any atom is -0.508 e. The Morgan fingerprint density at radius 1 is 1.11 bits per heavy atom. The molecule has 2 aliphatic heterocycles. The molecule has 3 heterocycles. The van der Waals surface area contributed by atoms with E-state index in [2.05, 4.69) is 9.88 Å². The van der Waals surface area contributed by atoms with Crippen molar-refractivity contribution in [2.45, 2.75) is 13.0 Å². The predicted octanol–water partition coefficient (Wildman–Crippen LogP) is 5.14. The van der Waals surface area contributed by atoms with E-state index < -0.39 is 6.10 Å². The Morgan fingerprint density at radius 2 is 1.91 bits per heavy atom. The van der Waals surface area contributed by atoms with E-state index in [-0.39, 0.29) is 18.3 Å². The van der Waals surface area contributed by atoms with Gasteiger partial charge < -0.3 is 19.3 Å². The van der Waals surface area contributed by atoms with E-state index in [4.69, 9.17) is 14.2 Å². The first kappa shape index (κ1) is 23.2. The lowest BCUT2D eigenvalue weighted by molar-refractivity contribution is 0.0668. The molecular formula is C28H29FN2O4. The molecule has 0 radical (unpaired) electrons. The maximum Gasteiger partial charge on any atom is 0.222 e. The summed E-state index contributed by atoms with van der Waals surface area (Å²) in [5.74, 6) is 2.34. The smallest absolute Gasteiger partial charge is 0.222 e. The number of nitrogens with zero attached hydrogens (tertiary/aromatic N) is 2. The second-order valence-electron chi connectivity index (χ2n) is 9.01. The number of halogens is 1. The highest BCUT2D eigenvalue weighted by Gasteiger charge is 2.31. The van der Waals surface area contributed by atoms with E-state index in [1.807, 2.05) is 49.4 Å². The summed E-state index contributed by atoms with van der Waals surface area (Å²) < 4.78 is 30.3. The number of alkyl halides is 1. The average molecular weight is 477 g/mol. The zero-order valence-electron chi connectivity index (χ0n) is 19.9. The zero-order chi connectivity index (χ0) is 24.4. The molecule has 0 spiro atoms. The van der Waals surface area contributed by atoms with Crippen molar-refractivity contribution in [1.29, 1.82) is 0 Å². The number of methoxy groups -OCH3 is 1. The lowest BCUT2D eigenvalue weighted by atomic mass is 9.87. The van der Waals surface area contributed by atoms with Gasteiger partial charge in [0, 0.05) is 36.7 Å². The quantitative estimate of drug-likeness (QED) is 0.486. The lowest BCUT2D eigenvalue weighted by Gasteiger charge is -2.37. The van der Waals surface area contributed by atoms with Gasteiger partial charge in [-0.15, -0.1) is 0 Å². The maximum absolute atomic E-state index is 12.6. The number of aromatic nitrogens is 1. The molecule has 1 atom stereocenters. The molecule has 1 unspecified atom stereocenters. The molecule has 5 rings (SSSR count). The van der Waals surface area contributed by atoms with Crippen molar-refractivity contribution >= 4 is 11.1 Å². The van der Waals surface area contributed by atoms with Crippen LogP contribution in [0, 0.1) is 5.92 Å². The summed E-state index contributed by atoms with van der Waals surface area (Å²) in [4.78, 5) is 6.68.